The standard InChI is InChI=1S/C21H23F2N3O2S/c1-13-5-8-18(25-11-13)17(23)10-14-6-7-16(22)15(9-14)21(4)12-29(27,28)20(2,3)19(24)26-21/h5-11H,12H2,1-4H3,(H2,24,26)/b17-10-/t21-/m0/s1. The van der Waals surface area contributed by atoms with Crippen LogP contribution in [-0.4, -0.2) is 29.7 Å². The molecule has 2 heterocycles. The lowest BCUT2D eigenvalue weighted by Crippen LogP contribution is -2.55. The Labute approximate surface area is 169 Å². The minimum absolute atomic E-state index is 0.0398. The zero-order chi connectivity index (χ0) is 21.6. The largest absolute Gasteiger partial charge is 0.386 e. The third-order valence-electron chi connectivity index (χ3n) is 5.25. The van der Waals surface area contributed by atoms with Gasteiger partial charge in [-0.2, -0.15) is 0 Å². The second-order valence-corrected chi connectivity index (χ2v) is 10.5. The van der Waals surface area contributed by atoms with Crippen LogP contribution in [0.4, 0.5) is 8.78 Å². The second-order valence-electron chi connectivity index (χ2n) is 7.99. The average Bonchev–Trinajstić information content (AvgIpc) is 2.62. The van der Waals surface area contributed by atoms with Crippen molar-refractivity contribution in [2.75, 3.05) is 5.75 Å². The summed E-state index contributed by atoms with van der Waals surface area (Å²) in [6.07, 6.45) is 2.77. The van der Waals surface area contributed by atoms with Crippen LogP contribution < -0.4 is 5.73 Å². The van der Waals surface area contributed by atoms with Gasteiger partial charge >= 0.3 is 0 Å². The Kier molecular flexibility index (Phi) is 5.11. The van der Waals surface area contributed by atoms with Gasteiger partial charge in [0, 0.05) is 11.8 Å². The van der Waals surface area contributed by atoms with E-state index >= 15 is 0 Å². The molecular formula is C21H23F2N3O2S. The van der Waals surface area contributed by atoms with Gasteiger partial charge in [0.25, 0.3) is 0 Å². The summed E-state index contributed by atoms with van der Waals surface area (Å²) in [5.41, 5.74) is 5.96. The lowest BCUT2D eigenvalue weighted by molar-refractivity contribution is 0.475. The first-order valence-electron chi connectivity index (χ1n) is 9.04. The van der Waals surface area contributed by atoms with Crippen molar-refractivity contribution >= 4 is 27.6 Å². The third kappa shape index (κ3) is 3.81. The quantitative estimate of drug-likeness (QED) is 0.821. The minimum atomic E-state index is -3.69. The molecule has 1 aromatic heterocycles. The molecular weight excluding hydrogens is 396 g/mol. The van der Waals surface area contributed by atoms with Gasteiger partial charge in [-0.3, -0.25) is 9.98 Å². The summed E-state index contributed by atoms with van der Waals surface area (Å²) in [6.45, 7) is 6.30. The minimum Gasteiger partial charge on any atom is -0.386 e. The Balaban J connectivity index is 2.07. The second kappa shape index (κ2) is 7.02. The maximum Gasteiger partial charge on any atom is 0.165 e. The molecule has 0 bridgehead atoms. The number of hydrogen-bond donors (Lipinski definition) is 1. The number of aliphatic imine (C=N–C) groups is 1. The molecule has 1 aliphatic rings. The molecule has 0 amide bonds. The van der Waals surface area contributed by atoms with E-state index in [0.29, 0.717) is 5.56 Å². The molecule has 29 heavy (non-hydrogen) atoms. The van der Waals surface area contributed by atoms with Crippen molar-refractivity contribution in [3.8, 4) is 0 Å². The molecule has 154 valence electrons. The fourth-order valence-corrected chi connectivity index (χ4v) is 4.84. The highest BCUT2D eigenvalue weighted by atomic mass is 32.2. The average molecular weight is 419 g/mol. The number of benzene rings is 1. The monoisotopic (exact) mass is 419 g/mol. The van der Waals surface area contributed by atoms with Gasteiger partial charge in [-0.1, -0.05) is 12.1 Å². The highest BCUT2D eigenvalue weighted by Crippen LogP contribution is 2.38. The number of sulfone groups is 1. The van der Waals surface area contributed by atoms with Crippen molar-refractivity contribution in [2.24, 2.45) is 10.7 Å². The van der Waals surface area contributed by atoms with E-state index in [2.05, 4.69) is 9.98 Å². The molecule has 2 N–H and O–H groups in total. The van der Waals surface area contributed by atoms with Crippen LogP contribution in [0.15, 0.2) is 41.5 Å². The summed E-state index contributed by atoms with van der Waals surface area (Å²) < 4.78 is 53.3. The first-order valence-corrected chi connectivity index (χ1v) is 10.7. The molecule has 3 rings (SSSR count). The summed E-state index contributed by atoms with van der Waals surface area (Å²) in [7, 11) is -3.69. The van der Waals surface area contributed by atoms with Crippen molar-refractivity contribution in [3.63, 3.8) is 0 Å². The highest BCUT2D eigenvalue weighted by Gasteiger charge is 2.49. The van der Waals surface area contributed by atoms with E-state index in [4.69, 9.17) is 5.73 Å². The lowest BCUT2D eigenvalue weighted by atomic mass is 9.91. The molecule has 1 atom stereocenters. The number of amidine groups is 1. The number of nitrogens with two attached hydrogens (primary N) is 1. The van der Waals surface area contributed by atoms with E-state index < -0.39 is 37.5 Å². The number of hydrogen-bond acceptors (Lipinski definition) is 5. The van der Waals surface area contributed by atoms with Crippen LogP contribution in [0.1, 0.15) is 43.2 Å². The van der Waals surface area contributed by atoms with Gasteiger partial charge in [0.2, 0.25) is 0 Å². The first-order chi connectivity index (χ1) is 13.4. The Hall–Kier alpha value is -2.61. The Morgan fingerprint density at radius 2 is 1.90 bits per heavy atom. The van der Waals surface area contributed by atoms with Gasteiger partial charge < -0.3 is 5.73 Å². The van der Waals surface area contributed by atoms with Crippen LogP contribution in [0, 0.1) is 12.7 Å². The molecule has 2 aromatic rings. The van der Waals surface area contributed by atoms with E-state index in [1.165, 1.54) is 45.0 Å². The summed E-state index contributed by atoms with van der Waals surface area (Å²) in [5.74, 6) is -1.71. The summed E-state index contributed by atoms with van der Waals surface area (Å²) in [5, 5.41) is 0. The maximum atomic E-state index is 14.6. The van der Waals surface area contributed by atoms with Crippen molar-refractivity contribution < 1.29 is 17.2 Å². The van der Waals surface area contributed by atoms with Crippen LogP contribution in [0.5, 0.6) is 0 Å². The lowest BCUT2D eigenvalue weighted by Gasteiger charge is -2.38. The molecule has 0 saturated heterocycles. The summed E-state index contributed by atoms with van der Waals surface area (Å²) >= 11 is 0. The van der Waals surface area contributed by atoms with E-state index in [0.717, 1.165) is 5.56 Å². The molecule has 0 unspecified atom stereocenters. The topological polar surface area (TPSA) is 85.4 Å². The molecule has 0 spiro atoms. The Bertz CT molecular complexity index is 1120. The molecule has 1 aromatic carbocycles. The Morgan fingerprint density at radius 3 is 2.48 bits per heavy atom. The SMILES string of the molecule is Cc1ccc(/C(F)=C/c2ccc(F)c([C@]3(C)CS(=O)(=O)C(C)(C)C(N)=N3)c2)nc1. The van der Waals surface area contributed by atoms with Crippen molar-refractivity contribution in [2.45, 2.75) is 38.0 Å². The van der Waals surface area contributed by atoms with Gasteiger partial charge in [-0.15, -0.1) is 0 Å². The predicted molar refractivity (Wildman–Crippen MR) is 111 cm³/mol. The number of pyridine rings is 1. The van der Waals surface area contributed by atoms with Gasteiger partial charge in [0.15, 0.2) is 9.84 Å². The van der Waals surface area contributed by atoms with E-state index in [-0.39, 0.29) is 17.1 Å². The van der Waals surface area contributed by atoms with Crippen LogP contribution >= 0.6 is 0 Å². The third-order valence-corrected chi connectivity index (χ3v) is 7.96. The first kappa shape index (κ1) is 21.1. The molecule has 0 fully saturated rings. The van der Waals surface area contributed by atoms with Crippen LogP contribution in [-0.2, 0) is 15.4 Å². The van der Waals surface area contributed by atoms with Crippen molar-refractivity contribution in [1.82, 2.24) is 4.98 Å². The van der Waals surface area contributed by atoms with Gasteiger partial charge in [0.05, 0.1) is 11.4 Å². The number of aromatic nitrogens is 1. The van der Waals surface area contributed by atoms with Crippen LogP contribution in [0.2, 0.25) is 0 Å². The zero-order valence-electron chi connectivity index (χ0n) is 16.7. The number of nitrogens with zero attached hydrogens (tertiary/aromatic N) is 2. The van der Waals surface area contributed by atoms with Crippen LogP contribution in [0.3, 0.4) is 0 Å². The van der Waals surface area contributed by atoms with E-state index in [1.807, 2.05) is 6.92 Å². The number of halogens is 2. The fourth-order valence-electron chi connectivity index (χ4n) is 3.16. The molecule has 1 aliphatic heterocycles. The molecule has 0 aliphatic carbocycles. The zero-order valence-corrected chi connectivity index (χ0v) is 17.5. The maximum absolute atomic E-state index is 14.6. The van der Waals surface area contributed by atoms with E-state index in [9.17, 15) is 17.2 Å². The normalized spacial score (nSPS) is 23.5. The van der Waals surface area contributed by atoms with Gasteiger partial charge in [-0.25, -0.2) is 17.2 Å². The van der Waals surface area contributed by atoms with Gasteiger partial charge in [0.1, 0.15) is 27.8 Å². The summed E-state index contributed by atoms with van der Waals surface area (Å²) in [6, 6.07) is 7.26. The van der Waals surface area contributed by atoms with Gasteiger partial charge in [-0.05, 0) is 63.1 Å². The highest BCUT2D eigenvalue weighted by molar-refractivity contribution is 7.93. The number of aryl methyl sites for hydroxylation is 1. The van der Waals surface area contributed by atoms with Crippen LogP contribution in [0.25, 0.3) is 11.9 Å². The smallest absolute Gasteiger partial charge is 0.165 e. The fraction of sp³-hybridized carbons (Fsp3) is 0.333. The van der Waals surface area contributed by atoms with E-state index in [1.54, 1.807) is 18.3 Å². The molecule has 5 nitrogen and oxygen atoms in total. The molecule has 0 saturated carbocycles. The van der Waals surface area contributed by atoms with Crippen molar-refractivity contribution in [1.29, 1.82) is 0 Å². The molecule has 8 heteroatoms. The predicted octanol–water partition coefficient (Wildman–Crippen LogP) is 3.78. The van der Waals surface area contributed by atoms with Crippen molar-refractivity contribution in [3.05, 3.63) is 64.7 Å². The Morgan fingerprint density at radius 1 is 1.21 bits per heavy atom. The molecule has 0 radical (unpaired) electrons. The number of rotatable bonds is 3. The summed E-state index contributed by atoms with van der Waals surface area (Å²) in [4.78, 5) is 8.36.